The highest BCUT2D eigenvalue weighted by Crippen LogP contribution is 2.26. The van der Waals surface area contributed by atoms with Gasteiger partial charge in [0.1, 0.15) is 11.3 Å². The Hall–Kier alpha value is -2.30. The number of benzene rings is 1. The van der Waals surface area contributed by atoms with E-state index in [4.69, 9.17) is 4.42 Å². The summed E-state index contributed by atoms with van der Waals surface area (Å²) in [6, 6.07) is 7.83. The second-order valence-electron chi connectivity index (χ2n) is 4.06. The van der Waals surface area contributed by atoms with Crippen LogP contribution < -0.4 is 5.43 Å². The van der Waals surface area contributed by atoms with Crippen molar-refractivity contribution in [2.45, 2.75) is 20.3 Å². The quantitative estimate of drug-likeness (QED) is 0.681. The van der Waals surface area contributed by atoms with Gasteiger partial charge in [0.15, 0.2) is 5.76 Å². The highest BCUT2D eigenvalue weighted by molar-refractivity contribution is 6.02. The Morgan fingerprint density at radius 3 is 2.84 bits per heavy atom. The minimum absolute atomic E-state index is 0.603. The number of carbonyl (C=O) groups is 1. The summed E-state index contributed by atoms with van der Waals surface area (Å²) in [4.78, 5) is 11.0. The van der Waals surface area contributed by atoms with Crippen LogP contribution in [0.4, 0.5) is 4.79 Å². The minimum atomic E-state index is -0.603. The Morgan fingerprint density at radius 1 is 1.42 bits per heavy atom. The Kier molecular flexibility index (Phi) is 3.85. The van der Waals surface area contributed by atoms with Gasteiger partial charge in [0, 0.05) is 10.9 Å². The van der Waals surface area contributed by atoms with Crippen molar-refractivity contribution in [3.05, 3.63) is 35.6 Å². The van der Waals surface area contributed by atoms with Gasteiger partial charge in [-0.25, -0.2) is 10.2 Å². The van der Waals surface area contributed by atoms with E-state index in [0.29, 0.717) is 11.5 Å². The standard InChI is InChI=1S/C14H16N2O3/c1-4-10-11-7-5-6-8-12(11)19-13(10)9(2)15-16-14(17)18-3/h5-8H,4H2,1-3H3,(H,16,17)/b15-9-. The number of hydrogen-bond donors (Lipinski definition) is 1. The summed E-state index contributed by atoms with van der Waals surface area (Å²) < 4.78 is 10.3. The molecule has 1 aromatic heterocycles. The second-order valence-corrected chi connectivity index (χ2v) is 4.06. The van der Waals surface area contributed by atoms with Crippen molar-refractivity contribution in [3.63, 3.8) is 0 Å². The van der Waals surface area contributed by atoms with E-state index in [1.54, 1.807) is 6.92 Å². The normalized spacial score (nSPS) is 11.6. The van der Waals surface area contributed by atoms with E-state index in [-0.39, 0.29) is 0 Å². The number of methoxy groups -OCH3 is 1. The molecule has 1 heterocycles. The fourth-order valence-corrected chi connectivity index (χ4v) is 1.97. The molecule has 0 atom stereocenters. The van der Waals surface area contributed by atoms with E-state index < -0.39 is 6.09 Å². The first-order chi connectivity index (χ1) is 9.17. The van der Waals surface area contributed by atoms with E-state index >= 15 is 0 Å². The topological polar surface area (TPSA) is 63.8 Å². The number of amides is 1. The van der Waals surface area contributed by atoms with Gasteiger partial charge in [0.25, 0.3) is 0 Å². The van der Waals surface area contributed by atoms with Gasteiger partial charge in [-0.15, -0.1) is 0 Å². The van der Waals surface area contributed by atoms with Gasteiger partial charge in [-0.1, -0.05) is 25.1 Å². The fraction of sp³-hybridized carbons (Fsp3) is 0.286. The maximum Gasteiger partial charge on any atom is 0.427 e. The lowest BCUT2D eigenvalue weighted by Crippen LogP contribution is -2.18. The number of nitrogens with zero attached hydrogens (tertiary/aromatic N) is 1. The van der Waals surface area contributed by atoms with E-state index in [9.17, 15) is 4.79 Å². The summed E-state index contributed by atoms with van der Waals surface area (Å²) in [6.45, 7) is 3.84. The van der Waals surface area contributed by atoms with Crippen LogP contribution in [0.3, 0.4) is 0 Å². The van der Waals surface area contributed by atoms with Crippen LogP contribution in [0.2, 0.25) is 0 Å². The molecule has 0 saturated carbocycles. The summed E-state index contributed by atoms with van der Waals surface area (Å²) >= 11 is 0. The molecule has 1 N–H and O–H groups in total. The van der Waals surface area contributed by atoms with E-state index in [1.165, 1.54) is 7.11 Å². The molecule has 100 valence electrons. The Bertz CT molecular complexity index is 629. The van der Waals surface area contributed by atoms with Crippen LogP contribution in [0.1, 0.15) is 25.2 Å². The van der Waals surface area contributed by atoms with Gasteiger partial charge in [-0.05, 0) is 19.4 Å². The third kappa shape index (κ3) is 2.59. The maximum absolute atomic E-state index is 11.0. The number of carbonyl (C=O) groups excluding carboxylic acids is 1. The molecule has 1 amide bonds. The lowest BCUT2D eigenvalue weighted by atomic mass is 10.1. The number of para-hydroxylation sites is 1. The predicted molar refractivity (Wildman–Crippen MR) is 73.3 cm³/mol. The number of hydrazone groups is 1. The van der Waals surface area contributed by atoms with Crippen molar-refractivity contribution in [2.24, 2.45) is 5.10 Å². The summed E-state index contributed by atoms with van der Waals surface area (Å²) in [5.41, 5.74) is 4.81. The van der Waals surface area contributed by atoms with Gasteiger partial charge < -0.3 is 9.15 Å². The van der Waals surface area contributed by atoms with Crippen molar-refractivity contribution in [2.75, 3.05) is 7.11 Å². The Balaban J connectivity index is 2.41. The maximum atomic E-state index is 11.0. The van der Waals surface area contributed by atoms with Crippen LogP contribution in [0.15, 0.2) is 33.8 Å². The van der Waals surface area contributed by atoms with Crippen LogP contribution in [0, 0.1) is 0 Å². The largest absolute Gasteiger partial charge is 0.454 e. The Morgan fingerprint density at radius 2 is 2.16 bits per heavy atom. The summed E-state index contributed by atoms with van der Waals surface area (Å²) in [5.74, 6) is 0.695. The summed E-state index contributed by atoms with van der Waals surface area (Å²) in [5, 5.41) is 5.04. The molecule has 1 aromatic carbocycles. The molecule has 2 rings (SSSR count). The Labute approximate surface area is 111 Å². The molecular weight excluding hydrogens is 244 g/mol. The third-order valence-corrected chi connectivity index (χ3v) is 2.88. The zero-order chi connectivity index (χ0) is 13.8. The molecule has 19 heavy (non-hydrogen) atoms. The summed E-state index contributed by atoms with van der Waals surface area (Å²) in [7, 11) is 1.29. The van der Waals surface area contributed by atoms with Crippen molar-refractivity contribution < 1.29 is 13.9 Å². The number of ether oxygens (including phenoxy) is 1. The van der Waals surface area contributed by atoms with Gasteiger partial charge in [0.2, 0.25) is 0 Å². The zero-order valence-corrected chi connectivity index (χ0v) is 11.2. The smallest absolute Gasteiger partial charge is 0.427 e. The van der Waals surface area contributed by atoms with Crippen LogP contribution >= 0.6 is 0 Å². The average molecular weight is 260 g/mol. The highest BCUT2D eigenvalue weighted by atomic mass is 16.5. The lowest BCUT2D eigenvalue weighted by Gasteiger charge is -2.01. The molecule has 0 radical (unpaired) electrons. The first kappa shape index (κ1) is 13.1. The SMILES string of the molecule is CCc1c(/C(C)=N\NC(=O)OC)oc2ccccc12. The highest BCUT2D eigenvalue weighted by Gasteiger charge is 2.14. The first-order valence-corrected chi connectivity index (χ1v) is 6.06. The average Bonchev–Trinajstić information content (AvgIpc) is 2.82. The van der Waals surface area contributed by atoms with Gasteiger partial charge >= 0.3 is 6.09 Å². The van der Waals surface area contributed by atoms with Crippen molar-refractivity contribution in [3.8, 4) is 0 Å². The fourth-order valence-electron chi connectivity index (χ4n) is 1.97. The number of fused-ring (bicyclic) bond motifs is 1. The lowest BCUT2D eigenvalue weighted by molar-refractivity contribution is 0.171. The molecule has 0 bridgehead atoms. The number of aryl methyl sites for hydroxylation is 1. The minimum Gasteiger partial charge on any atom is -0.454 e. The number of nitrogens with one attached hydrogen (secondary N) is 1. The molecule has 0 aliphatic rings. The van der Waals surface area contributed by atoms with E-state index in [0.717, 1.165) is 23.0 Å². The van der Waals surface area contributed by atoms with Crippen LogP contribution in [0.5, 0.6) is 0 Å². The van der Waals surface area contributed by atoms with Gasteiger partial charge in [-0.2, -0.15) is 5.10 Å². The second kappa shape index (κ2) is 5.56. The van der Waals surface area contributed by atoms with Crippen molar-refractivity contribution >= 4 is 22.8 Å². The molecule has 5 nitrogen and oxygen atoms in total. The zero-order valence-electron chi connectivity index (χ0n) is 11.2. The molecule has 0 fully saturated rings. The van der Waals surface area contributed by atoms with Crippen LogP contribution in [-0.2, 0) is 11.2 Å². The third-order valence-electron chi connectivity index (χ3n) is 2.88. The van der Waals surface area contributed by atoms with Crippen LogP contribution in [-0.4, -0.2) is 18.9 Å². The molecule has 0 aliphatic heterocycles. The van der Waals surface area contributed by atoms with E-state index in [2.05, 4.69) is 22.2 Å². The van der Waals surface area contributed by atoms with Gasteiger partial charge in [0.05, 0.1) is 7.11 Å². The summed E-state index contributed by atoms with van der Waals surface area (Å²) in [6.07, 6.45) is 0.228. The number of hydrogen-bond acceptors (Lipinski definition) is 4. The first-order valence-electron chi connectivity index (χ1n) is 6.06. The monoisotopic (exact) mass is 260 g/mol. The molecule has 5 heteroatoms. The molecule has 0 aliphatic carbocycles. The molecule has 2 aromatic rings. The van der Waals surface area contributed by atoms with E-state index in [1.807, 2.05) is 24.3 Å². The molecule has 0 spiro atoms. The van der Waals surface area contributed by atoms with Crippen LogP contribution in [0.25, 0.3) is 11.0 Å². The molecule has 0 unspecified atom stereocenters. The van der Waals surface area contributed by atoms with Crippen molar-refractivity contribution in [1.82, 2.24) is 5.43 Å². The predicted octanol–water partition coefficient (Wildman–Crippen LogP) is 3.08. The number of rotatable bonds is 3. The molecular formula is C14H16N2O3. The van der Waals surface area contributed by atoms with Crippen molar-refractivity contribution in [1.29, 1.82) is 0 Å². The van der Waals surface area contributed by atoms with Gasteiger partial charge in [-0.3, -0.25) is 0 Å². The number of furan rings is 1. The molecule has 0 saturated heterocycles.